The maximum atomic E-state index is 14.2. The molecule has 4 aromatic heterocycles. The Hall–Kier alpha value is -4.56. The number of hydrogen-bond acceptors (Lipinski definition) is 5. The minimum absolute atomic E-state index is 0.239. The third-order valence-electron chi connectivity index (χ3n) is 7.60. The summed E-state index contributed by atoms with van der Waals surface area (Å²) in [6.45, 7) is 5.78. The van der Waals surface area contributed by atoms with Crippen molar-refractivity contribution in [1.29, 1.82) is 0 Å². The van der Waals surface area contributed by atoms with Gasteiger partial charge < -0.3 is 9.72 Å². The summed E-state index contributed by atoms with van der Waals surface area (Å²) in [6.07, 6.45) is 7.89. The van der Waals surface area contributed by atoms with E-state index in [0.717, 1.165) is 86.5 Å². The number of aryl methyl sites for hydroxylation is 1. The summed E-state index contributed by atoms with van der Waals surface area (Å²) in [5.41, 5.74) is 7.84. The predicted octanol–water partition coefficient (Wildman–Crippen LogP) is 6.76. The van der Waals surface area contributed by atoms with E-state index in [0.29, 0.717) is 6.61 Å². The lowest BCUT2D eigenvalue weighted by atomic mass is 9.99. The van der Waals surface area contributed by atoms with E-state index in [9.17, 15) is 4.39 Å². The predicted molar refractivity (Wildman–Crippen MR) is 156 cm³/mol. The van der Waals surface area contributed by atoms with Gasteiger partial charge in [-0.2, -0.15) is 5.10 Å². The van der Waals surface area contributed by atoms with Crippen LogP contribution in [-0.2, 0) is 0 Å². The van der Waals surface area contributed by atoms with E-state index in [4.69, 9.17) is 4.74 Å². The summed E-state index contributed by atoms with van der Waals surface area (Å²) >= 11 is 0. The van der Waals surface area contributed by atoms with Crippen LogP contribution in [-0.4, -0.2) is 56.3 Å². The Labute approximate surface area is 231 Å². The number of halogens is 1. The van der Waals surface area contributed by atoms with E-state index in [1.165, 1.54) is 12.8 Å². The fraction of sp³-hybridized carbons (Fsp3) is 0.219. The van der Waals surface area contributed by atoms with Crippen LogP contribution in [0.2, 0.25) is 0 Å². The van der Waals surface area contributed by atoms with E-state index >= 15 is 0 Å². The highest BCUT2D eigenvalue weighted by atomic mass is 19.1. The highest BCUT2D eigenvalue weighted by molar-refractivity contribution is 6.01. The van der Waals surface area contributed by atoms with E-state index in [1.807, 2.05) is 43.3 Å². The van der Waals surface area contributed by atoms with Gasteiger partial charge in [-0.25, -0.2) is 4.39 Å². The standard InChI is InChI=1S/C32H29FN6O/c1-20-11-21(13-23(33)12-20)25-5-4-6-28-26(25)15-30(36-28)32-27-16-29(35-19-31(27)37-38-32)22-14-24(18-34-17-22)40-10-9-39-7-2-3-8-39/h4-6,11-19,36H,2-3,7-10H2,1H3,(H,37,38). The maximum Gasteiger partial charge on any atom is 0.138 e. The van der Waals surface area contributed by atoms with E-state index < -0.39 is 0 Å². The van der Waals surface area contributed by atoms with Gasteiger partial charge >= 0.3 is 0 Å². The van der Waals surface area contributed by atoms with E-state index in [2.05, 4.69) is 36.1 Å². The van der Waals surface area contributed by atoms with Crippen molar-refractivity contribution in [3.8, 4) is 39.5 Å². The monoisotopic (exact) mass is 532 g/mol. The second-order valence-corrected chi connectivity index (χ2v) is 10.5. The number of pyridine rings is 2. The van der Waals surface area contributed by atoms with Crippen LogP contribution in [0.25, 0.3) is 55.6 Å². The fourth-order valence-corrected chi connectivity index (χ4v) is 5.64. The molecule has 200 valence electrons. The zero-order chi connectivity index (χ0) is 27.1. The lowest BCUT2D eigenvalue weighted by Crippen LogP contribution is -2.25. The summed E-state index contributed by atoms with van der Waals surface area (Å²) in [6, 6.07) is 17.2. The smallest absolute Gasteiger partial charge is 0.138 e. The molecule has 8 heteroatoms. The minimum atomic E-state index is -0.239. The molecule has 2 aromatic carbocycles. The molecule has 5 heterocycles. The van der Waals surface area contributed by atoms with Crippen molar-refractivity contribution in [1.82, 2.24) is 30.0 Å². The first-order chi connectivity index (χ1) is 19.6. The Kier molecular flexibility index (Phi) is 6.24. The zero-order valence-corrected chi connectivity index (χ0v) is 22.2. The van der Waals surface area contributed by atoms with Crippen LogP contribution in [0.5, 0.6) is 5.75 Å². The first-order valence-corrected chi connectivity index (χ1v) is 13.7. The molecule has 2 N–H and O–H groups in total. The van der Waals surface area contributed by atoms with Gasteiger partial charge in [-0.1, -0.05) is 18.2 Å². The highest BCUT2D eigenvalue weighted by Gasteiger charge is 2.16. The highest BCUT2D eigenvalue weighted by Crippen LogP contribution is 2.35. The number of likely N-dealkylation sites (tertiary alicyclic amines) is 1. The van der Waals surface area contributed by atoms with Crippen LogP contribution in [0.15, 0.2) is 73.2 Å². The SMILES string of the molecule is Cc1cc(F)cc(-c2cccc3[nH]c(-c4n[nH]c5cnc(-c6cncc(OCCN7CCCC7)c6)cc45)cc23)c1. The number of fused-ring (bicyclic) bond motifs is 2. The van der Waals surface area contributed by atoms with Crippen molar-refractivity contribution in [2.24, 2.45) is 0 Å². The van der Waals surface area contributed by atoms with Crippen molar-refractivity contribution < 1.29 is 9.13 Å². The zero-order valence-electron chi connectivity index (χ0n) is 22.2. The second kappa shape index (κ2) is 10.2. The fourth-order valence-electron chi connectivity index (χ4n) is 5.64. The molecule has 1 aliphatic rings. The summed E-state index contributed by atoms with van der Waals surface area (Å²) in [7, 11) is 0. The normalized spacial score (nSPS) is 13.9. The average molecular weight is 533 g/mol. The molecule has 0 saturated carbocycles. The molecule has 7 nitrogen and oxygen atoms in total. The summed E-state index contributed by atoms with van der Waals surface area (Å²) in [4.78, 5) is 15.0. The quantitative estimate of drug-likeness (QED) is 0.237. The largest absolute Gasteiger partial charge is 0.491 e. The number of rotatable bonds is 7. The van der Waals surface area contributed by atoms with Crippen molar-refractivity contribution in [2.75, 3.05) is 26.2 Å². The second-order valence-electron chi connectivity index (χ2n) is 10.5. The molecular formula is C32H29FN6O. The van der Waals surface area contributed by atoms with Crippen LogP contribution in [0.1, 0.15) is 18.4 Å². The first-order valence-electron chi connectivity index (χ1n) is 13.7. The third kappa shape index (κ3) is 4.71. The van der Waals surface area contributed by atoms with Crippen molar-refractivity contribution in [3.05, 3.63) is 84.6 Å². The molecule has 0 radical (unpaired) electrons. The van der Waals surface area contributed by atoms with Gasteiger partial charge in [0.2, 0.25) is 0 Å². The molecule has 0 unspecified atom stereocenters. The lowest BCUT2D eigenvalue weighted by molar-refractivity contribution is 0.237. The van der Waals surface area contributed by atoms with Gasteiger partial charge in [-0.05, 0) is 85.9 Å². The number of benzene rings is 2. The van der Waals surface area contributed by atoms with Gasteiger partial charge in [-0.15, -0.1) is 0 Å². The van der Waals surface area contributed by atoms with Crippen LogP contribution in [0.3, 0.4) is 0 Å². The summed E-state index contributed by atoms with van der Waals surface area (Å²) in [5, 5.41) is 9.69. The molecule has 7 rings (SSSR count). The Morgan fingerprint density at radius 2 is 1.82 bits per heavy atom. The first kappa shape index (κ1) is 24.5. The average Bonchev–Trinajstić information content (AvgIpc) is 3.71. The molecule has 0 aliphatic carbocycles. The van der Waals surface area contributed by atoms with Crippen LogP contribution >= 0.6 is 0 Å². The summed E-state index contributed by atoms with van der Waals surface area (Å²) in [5.74, 6) is 0.499. The molecule has 1 aliphatic heterocycles. The Morgan fingerprint density at radius 1 is 0.925 bits per heavy atom. The topological polar surface area (TPSA) is 82.7 Å². The number of nitrogens with zero attached hydrogens (tertiary/aromatic N) is 4. The van der Waals surface area contributed by atoms with Gasteiger partial charge in [0, 0.05) is 34.6 Å². The molecule has 0 atom stereocenters. The Bertz CT molecular complexity index is 1810. The molecule has 0 spiro atoms. The van der Waals surface area contributed by atoms with Crippen molar-refractivity contribution >= 4 is 21.8 Å². The Morgan fingerprint density at radius 3 is 2.70 bits per heavy atom. The lowest BCUT2D eigenvalue weighted by Gasteiger charge is -2.15. The third-order valence-corrected chi connectivity index (χ3v) is 7.60. The number of aromatic amines is 2. The number of H-pyrrole nitrogens is 2. The van der Waals surface area contributed by atoms with E-state index in [1.54, 1.807) is 30.7 Å². The molecule has 0 bridgehead atoms. The summed E-state index contributed by atoms with van der Waals surface area (Å²) < 4.78 is 20.2. The molecular weight excluding hydrogens is 503 g/mol. The number of ether oxygens (including phenoxy) is 1. The van der Waals surface area contributed by atoms with Crippen molar-refractivity contribution in [2.45, 2.75) is 19.8 Å². The van der Waals surface area contributed by atoms with Gasteiger partial charge in [-0.3, -0.25) is 20.0 Å². The minimum Gasteiger partial charge on any atom is -0.491 e. The molecule has 1 fully saturated rings. The number of aromatic nitrogens is 5. The molecule has 0 amide bonds. The van der Waals surface area contributed by atoms with Gasteiger partial charge in [0.15, 0.2) is 0 Å². The molecule has 40 heavy (non-hydrogen) atoms. The van der Waals surface area contributed by atoms with Gasteiger partial charge in [0.05, 0.1) is 29.3 Å². The number of hydrogen-bond donors (Lipinski definition) is 2. The van der Waals surface area contributed by atoms with Gasteiger partial charge in [0.1, 0.15) is 23.9 Å². The van der Waals surface area contributed by atoms with E-state index in [-0.39, 0.29) is 5.82 Å². The van der Waals surface area contributed by atoms with Crippen LogP contribution in [0, 0.1) is 12.7 Å². The van der Waals surface area contributed by atoms with Crippen LogP contribution < -0.4 is 4.74 Å². The molecule has 1 saturated heterocycles. The number of nitrogens with one attached hydrogen (secondary N) is 2. The van der Waals surface area contributed by atoms with Crippen LogP contribution in [0.4, 0.5) is 4.39 Å². The molecule has 6 aromatic rings. The van der Waals surface area contributed by atoms with Crippen molar-refractivity contribution in [3.63, 3.8) is 0 Å². The maximum absolute atomic E-state index is 14.2. The Balaban J connectivity index is 1.21. The van der Waals surface area contributed by atoms with Gasteiger partial charge in [0.25, 0.3) is 0 Å².